The van der Waals surface area contributed by atoms with Crippen LogP contribution in [0.15, 0.2) is 24.3 Å². The van der Waals surface area contributed by atoms with E-state index in [9.17, 15) is 9.59 Å². The highest BCUT2D eigenvalue weighted by Crippen LogP contribution is 2.46. The first kappa shape index (κ1) is 13.2. The first-order chi connectivity index (χ1) is 9.47. The number of hydrogen-bond acceptors (Lipinski definition) is 2. The van der Waals surface area contributed by atoms with Crippen molar-refractivity contribution in [2.75, 3.05) is 25.0 Å². The Labute approximate surface area is 119 Å². The molecule has 0 bridgehead atoms. The Morgan fingerprint density at radius 1 is 1.30 bits per heavy atom. The lowest BCUT2D eigenvalue weighted by molar-refractivity contribution is -0.133. The maximum atomic E-state index is 12.7. The number of fused-ring (bicyclic) bond motifs is 2. The first-order valence-electron chi connectivity index (χ1n) is 7.14. The van der Waals surface area contributed by atoms with E-state index in [1.807, 2.05) is 50.1 Å². The number of carbonyl (C=O) groups is 2. The molecule has 0 radical (unpaired) electrons. The van der Waals surface area contributed by atoms with Gasteiger partial charge in [-0.15, -0.1) is 0 Å². The van der Waals surface area contributed by atoms with E-state index in [0.717, 1.165) is 17.7 Å². The summed E-state index contributed by atoms with van der Waals surface area (Å²) in [6.07, 6.45) is 0.728. The van der Waals surface area contributed by atoms with Crippen molar-refractivity contribution in [1.82, 2.24) is 4.90 Å². The van der Waals surface area contributed by atoms with Crippen molar-refractivity contribution in [2.24, 2.45) is 5.92 Å². The second-order valence-electron chi connectivity index (χ2n) is 6.13. The van der Waals surface area contributed by atoms with Gasteiger partial charge in [0.25, 0.3) is 0 Å². The quantitative estimate of drug-likeness (QED) is 0.782. The second kappa shape index (κ2) is 4.33. The number of amides is 2. The van der Waals surface area contributed by atoms with Gasteiger partial charge in [0.05, 0.1) is 5.41 Å². The van der Waals surface area contributed by atoms with E-state index in [1.54, 1.807) is 4.90 Å². The molecular formula is C16H20N2O2. The molecule has 1 fully saturated rings. The third-order valence-corrected chi connectivity index (χ3v) is 4.57. The fourth-order valence-electron chi connectivity index (χ4n) is 3.47. The minimum absolute atomic E-state index is 0.0189. The van der Waals surface area contributed by atoms with E-state index in [4.69, 9.17) is 0 Å². The Hall–Kier alpha value is -1.84. The van der Waals surface area contributed by atoms with Crippen LogP contribution in [-0.4, -0.2) is 36.9 Å². The SMILES string of the molecule is CC(C)C(=O)N1CC[C@]2(C1)C(=O)N(C)c1ccccc12. The van der Waals surface area contributed by atoms with Gasteiger partial charge in [-0.1, -0.05) is 32.0 Å². The molecule has 0 unspecified atom stereocenters. The lowest BCUT2D eigenvalue weighted by atomic mass is 9.81. The minimum atomic E-state index is -0.518. The van der Waals surface area contributed by atoms with Gasteiger partial charge in [-0.05, 0) is 18.1 Å². The molecule has 2 aliphatic rings. The molecule has 0 aromatic heterocycles. The Kier molecular flexibility index (Phi) is 2.85. The maximum Gasteiger partial charge on any atom is 0.239 e. The summed E-state index contributed by atoms with van der Waals surface area (Å²) in [6.45, 7) is 5.00. The predicted molar refractivity (Wildman–Crippen MR) is 77.6 cm³/mol. The zero-order valence-electron chi connectivity index (χ0n) is 12.2. The zero-order chi connectivity index (χ0) is 14.5. The van der Waals surface area contributed by atoms with Crippen LogP contribution in [-0.2, 0) is 15.0 Å². The Morgan fingerprint density at radius 3 is 2.70 bits per heavy atom. The van der Waals surface area contributed by atoms with E-state index in [0.29, 0.717) is 13.1 Å². The third kappa shape index (κ3) is 1.60. The van der Waals surface area contributed by atoms with Gasteiger partial charge < -0.3 is 9.80 Å². The summed E-state index contributed by atoms with van der Waals surface area (Å²) >= 11 is 0. The standard InChI is InChI=1S/C16H20N2O2/c1-11(2)14(19)18-9-8-16(10-18)12-6-4-5-7-13(12)17(3)15(16)20/h4-7,11H,8-10H2,1-3H3/t16-/m1/s1. The Morgan fingerprint density at radius 2 is 2.00 bits per heavy atom. The van der Waals surface area contributed by atoms with Crippen LogP contribution in [0.1, 0.15) is 25.8 Å². The highest BCUT2D eigenvalue weighted by atomic mass is 16.2. The number of rotatable bonds is 1. The second-order valence-corrected chi connectivity index (χ2v) is 6.13. The monoisotopic (exact) mass is 272 g/mol. The number of likely N-dealkylation sites (tertiary alicyclic amines) is 1. The van der Waals surface area contributed by atoms with Crippen LogP contribution in [0.5, 0.6) is 0 Å². The molecule has 0 saturated carbocycles. The van der Waals surface area contributed by atoms with Crippen LogP contribution >= 0.6 is 0 Å². The van der Waals surface area contributed by atoms with Crippen molar-refractivity contribution in [1.29, 1.82) is 0 Å². The van der Waals surface area contributed by atoms with Crippen LogP contribution in [0.4, 0.5) is 5.69 Å². The van der Waals surface area contributed by atoms with Gasteiger partial charge >= 0.3 is 0 Å². The average molecular weight is 272 g/mol. The summed E-state index contributed by atoms with van der Waals surface area (Å²) in [5, 5.41) is 0. The van der Waals surface area contributed by atoms with Gasteiger partial charge in [-0.2, -0.15) is 0 Å². The smallest absolute Gasteiger partial charge is 0.239 e. The van der Waals surface area contributed by atoms with Gasteiger partial charge in [0.15, 0.2) is 0 Å². The molecule has 1 aromatic carbocycles. The molecule has 1 aromatic rings. The molecule has 2 amide bonds. The number of hydrogen-bond donors (Lipinski definition) is 0. The van der Waals surface area contributed by atoms with Crippen molar-refractivity contribution >= 4 is 17.5 Å². The average Bonchev–Trinajstić information content (AvgIpc) is 2.97. The molecule has 4 heteroatoms. The number of benzene rings is 1. The first-order valence-corrected chi connectivity index (χ1v) is 7.14. The van der Waals surface area contributed by atoms with Gasteiger partial charge in [-0.3, -0.25) is 9.59 Å². The molecule has 1 saturated heterocycles. The Bertz CT molecular complexity index is 582. The lowest BCUT2D eigenvalue weighted by Gasteiger charge is -2.24. The van der Waals surface area contributed by atoms with Gasteiger partial charge in [0.1, 0.15) is 0 Å². The molecule has 2 aliphatic heterocycles. The van der Waals surface area contributed by atoms with Gasteiger partial charge in [-0.25, -0.2) is 0 Å². The summed E-state index contributed by atoms with van der Waals surface area (Å²) in [4.78, 5) is 28.5. The van der Waals surface area contributed by atoms with Crippen LogP contribution in [0, 0.1) is 5.92 Å². The van der Waals surface area contributed by atoms with Crippen LogP contribution in [0.3, 0.4) is 0 Å². The van der Waals surface area contributed by atoms with Crippen LogP contribution < -0.4 is 4.90 Å². The normalized spacial score (nSPS) is 24.9. The number of likely N-dealkylation sites (N-methyl/N-ethyl adjacent to an activating group) is 1. The molecule has 1 spiro atoms. The molecule has 0 N–H and O–H groups in total. The molecular weight excluding hydrogens is 252 g/mol. The predicted octanol–water partition coefficient (Wildman–Crippen LogP) is 1.79. The van der Waals surface area contributed by atoms with Crippen molar-refractivity contribution < 1.29 is 9.59 Å². The molecule has 4 nitrogen and oxygen atoms in total. The largest absolute Gasteiger partial charge is 0.341 e. The molecule has 3 rings (SSSR count). The fraction of sp³-hybridized carbons (Fsp3) is 0.500. The fourth-order valence-corrected chi connectivity index (χ4v) is 3.47. The number of para-hydroxylation sites is 1. The highest BCUT2D eigenvalue weighted by molar-refractivity contribution is 6.08. The lowest BCUT2D eigenvalue weighted by Crippen LogP contribution is -2.42. The maximum absolute atomic E-state index is 12.7. The topological polar surface area (TPSA) is 40.6 Å². The number of anilines is 1. The van der Waals surface area contributed by atoms with Crippen molar-refractivity contribution in [3.8, 4) is 0 Å². The molecule has 2 heterocycles. The molecule has 0 aliphatic carbocycles. The van der Waals surface area contributed by atoms with Crippen molar-refractivity contribution in [3.63, 3.8) is 0 Å². The van der Waals surface area contributed by atoms with E-state index in [1.165, 1.54) is 0 Å². The summed E-state index contributed by atoms with van der Waals surface area (Å²) in [7, 11) is 1.82. The minimum Gasteiger partial charge on any atom is -0.341 e. The van der Waals surface area contributed by atoms with Crippen LogP contribution in [0.25, 0.3) is 0 Å². The highest BCUT2D eigenvalue weighted by Gasteiger charge is 2.54. The summed E-state index contributed by atoms with van der Waals surface area (Å²) in [5.74, 6) is 0.245. The summed E-state index contributed by atoms with van der Waals surface area (Å²) < 4.78 is 0. The van der Waals surface area contributed by atoms with Crippen LogP contribution in [0.2, 0.25) is 0 Å². The van der Waals surface area contributed by atoms with Gasteiger partial charge in [0, 0.05) is 31.7 Å². The van der Waals surface area contributed by atoms with Crippen molar-refractivity contribution in [2.45, 2.75) is 25.7 Å². The Balaban J connectivity index is 1.99. The molecule has 20 heavy (non-hydrogen) atoms. The zero-order valence-corrected chi connectivity index (χ0v) is 12.2. The summed E-state index contributed by atoms with van der Waals surface area (Å²) in [5.41, 5.74) is 1.54. The van der Waals surface area contributed by atoms with E-state index in [-0.39, 0.29) is 17.7 Å². The number of nitrogens with zero attached hydrogens (tertiary/aromatic N) is 2. The molecule has 106 valence electrons. The van der Waals surface area contributed by atoms with E-state index < -0.39 is 5.41 Å². The number of carbonyl (C=O) groups excluding carboxylic acids is 2. The summed E-state index contributed by atoms with van der Waals surface area (Å²) in [6, 6.07) is 7.93. The molecule has 1 atom stereocenters. The van der Waals surface area contributed by atoms with Gasteiger partial charge in [0.2, 0.25) is 11.8 Å². The van der Waals surface area contributed by atoms with Crippen molar-refractivity contribution in [3.05, 3.63) is 29.8 Å². The van der Waals surface area contributed by atoms with E-state index in [2.05, 4.69) is 0 Å². The van der Waals surface area contributed by atoms with E-state index >= 15 is 0 Å². The third-order valence-electron chi connectivity index (χ3n) is 4.57.